The van der Waals surface area contributed by atoms with Crippen LogP contribution in [0.3, 0.4) is 0 Å². The van der Waals surface area contributed by atoms with Crippen molar-refractivity contribution in [1.29, 1.82) is 0 Å². The molecular weight excluding hydrogens is 220 g/mol. The third-order valence-corrected chi connectivity index (χ3v) is 5.04. The highest BCUT2D eigenvalue weighted by atomic mass is 31.2. The van der Waals surface area contributed by atoms with Gasteiger partial charge >= 0.3 is 15.2 Å². The molecular formula is C4H11NO6P2. The Labute approximate surface area is 74.7 Å². The van der Waals surface area contributed by atoms with Crippen LogP contribution >= 0.6 is 15.2 Å². The molecule has 0 aromatic rings. The molecule has 1 aliphatic heterocycles. The summed E-state index contributed by atoms with van der Waals surface area (Å²) < 4.78 is 21.5. The lowest BCUT2D eigenvalue weighted by molar-refractivity contribution is 0.144. The number of nitrogens with zero attached hydrogens (tertiary/aromatic N) is 1. The molecule has 0 aromatic carbocycles. The van der Waals surface area contributed by atoms with Crippen LogP contribution in [0, 0.1) is 0 Å². The van der Waals surface area contributed by atoms with Crippen molar-refractivity contribution in [3.63, 3.8) is 0 Å². The Hall–Kier alpha value is 0.260. The maximum Gasteiger partial charge on any atom is 0.343 e. The van der Waals surface area contributed by atoms with Crippen molar-refractivity contribution in [3.8, 4) is 0 Å². The van der Waals surface area contributed by atoms with E-state index in [2.05, 4.69) is 0 Å². The molecule has 1 heterocycles. The number of hydrogen-bond acceptors (Lipinski definition) is 3. The summed E-state index contributed by atoms with van der Waals surface area (Å²) in [5, 5.41) is 0. The molecule has 1 aliphatic rings. The summed E-state index contributed by atoms with van der Waals surface area (Å²) in [5.41, 5.74) is -1.24. The summed E-state index contributed by atoms with van der Waals surface area (Å²) >= 11 is 0. The second-order valence-corrected chi connectivity index (χ2v) is 6.65. The van der Waals surface area contributed by atoms with Gasteiger partial charge in [-0.3, -0.25) is 14.0 Å². The molecule has 2 unspecified atom stereocenters. The van der Waals surface area contributed by atoms with E-state index in [1.54, 1.807) is 0 Å². The Balaban J connectivity index is 2.86. The van der Waals surface area contributed by atoms with E-state index in [9.17, 15) is 9.13 Å². The first-order valence-corrected chi connectivity index (χ1v) is 6.81. The maximum absolute atomic E-state index is 10.8. The van der Waals surface area contributed by atoms with Gasteiger partial charge in [0, 0.05) is 6.54 Å². The fraction of sp³-hybridized carbons (Fsp3) is 1.00. The normalized spacial score (nSPS) is 31.5. The van der Waals surface area contributed by atoms with Crippen LogP contribution in [0.1, 0.15) is 0 Å². The third kappa shape index (κ3) is 2.19. The quantitative estimate of drug-likeness (QED) is 0.449. The van der Waals surface area contributed by atoms with Gasteiger partial charge in [0.15, 0.2) is 0 Å². The Kier molecular flexibility index (Phi) is 2.74. The lowest BCUT2D eigenvalue weighted by Crippen LogP contribution is -2.57. The molecule has 78 valence electrons. The van der Waals surface area contributed by atoms with Gasteiger partial charge in [-0.15, -0.1) is 0 Å². The van der Waals surface area contributed by atoms with Crippen LogP contribution in [0.15, 0.2) is 0 Å². The zero-order valence-corrected chi connectivity index (χ0v) is 8.60. The van der Waals surface area contributed by atoms with Crippen molar-refractivity contribution >= 4 is 15.2 Å². The van der Waals surface area contributed by atoms with Crippen molar-refractivity contribution < 1.29 is 28.7 Å². The zero-order chi connectivity index (χ0) is 10.4. The van der Waals surface area contributed by atoms with Crippen LogP contribution in [0.25, 0.3) is 0 Å². The molecule has 0 aliphatic carbocycles. The fourth-order valence-electron chi connectivity index (χ4n) is 1.41. The zero-order valence-electron chi connectivity index (χ0n) is 6.81. The van der Waals surface area contributed by atoms with E-state index in [-0.39, 0.29) is 6.54 Å². The Morgan fingerprint density at radius 3 is 1.77 bits per heavy atom. The van der Waals surface area contributed by atoms with Gasteiger partial charge in [-0.1, -0.05) is 0 Å². The molecule has 1 fully saturated rings. The summed E-state index contributed by atoms with van der Waals surface area (Å²) in [5.74, 6) is -1.34. The molecule has 0 spiro atoms. The van der Waals surface area contributed by atoms with Gasteiger partial charge in [-0.05, 0) is 7.05 Å². The van der Waals surface area contributed by atoms with E-state index < -0.39 is 26.6 Å². The maximum atomic E-state index is 10.8. The highest BCUT2D eigenvalue weighted by Gasteiger charge is 2.55. The largest absolute Gasteiger partial charge is 0.343 e. The standard InChI is InChI=1S/C4H11NO6P2/c1-5-2-3(12(6,7)8)4(5)13(9,10)11/h3-4H,2H2,1H3,(H2,6,7,8)(H2,9,10,11). The molecule has 4 N–H and O–H groups in total. The van der Waals surface area contributed by atoms with Gasteiger partial charge in [-0.25, -0.2) is 0 Å². The molecule has 1 saturated heterocycles. The molecule has 0 radical (unpaired) electrons. The molecule has 0 bridgehead atoms. The van der Waals surface area contributed by atoms with Crippen molar-refractivity contribution in [1.82, 2.24) is 4.90 Å². The smallest absolute Gasteiger partial charge is 0.324 e. The predicted molar refractivity (Wildman–Crippen MR) is 44.3 cm³/mol. The summed E-state index contributed by atoms with van der Waals surface area (Å²) in [6.45, 7) is 0.0139. The molecule has 7 nitrogen and oxygen atoms in total. The number of likely N-dealkylation sites (tertiary alicyclic amines) is 1. The van der Waals surface area contributed by atoms with Crippen LogP contribution in [0.5, 0.6) is 0 Å². The van der Waals surface area contributed by atoms with Gasteiger partial charge in [0.05, 0.1) is 0 Å². The summed E-state index contributed by atoms with van der Waals surface area (Å²) in [4.78, 5) is 36.2. The average Bonchev–Trinajstić information content (AvgIpc) is 1.75. The molecule has 0 aromatic heterocycles. The first kappa shape index (κ1) is 11.3. The van der Waals surface area contributed by atoms with Crippen LogP contribution in [-0.2, 0) is 9.13 Å². The predicted octanol–water partition coefficient (Wildman–Crippen LogP) is -1.02. The van der Waals surface area contributed by atoms with Crippen molar-refractivity contribution in [2.24, 2.45) is 0 Å². The summed E-state index contributed by atoms with van der Waals surface area (Å²) in [6.07, 6.45) is 0. The van der Waals surface area contributed by atoms with E-state index in [0.29, 0.717) is 0 Å². The van der Waals surface area contributed by atoms with E-state index >= 15 is 0 Å². The Bertz CT molecular complexity index is 293. The minimum absolute atomic E-state index is 0.0139. The Morgan fingerprint density at radius 1 is 1.15 bits per heavy atom. The van der Waals surface area contributed by atoms with Gasteiger partial charge in [0.2, 0.25) is 0 Å². The fourth-order valence-corrected chi connectivity index (χ4v) is 4.65. The Morgan fingerprint density at radius 2 is 1.62 bits per heavy atom. The highest BCUT2D eigenvalue weighted by molar-refractivity contribution is 7.57. The van der Waals surface area contributed by atoms with Crippen LogP contribution < -0.4 is 0 Å². The third-order valence-electron chi connectivity index (χ3n) is 2.05. The van der Waals surface area contributed by atoms with Crippen molar-refractivity contribution in [2.45, 2.75) is 11.4 Å². The van der Waals surface area contributed by atoms with E-state index in [0.717, 1.165) is 0 Å². The van der Waals surface area contributed by atoms with E-state index in [1.165, 1.54) is 11.9 Å². The van der Waals surface area contributed by atoms with Gasteiger partial charge < -0.3 is 19.6 Å². The molecule has 9 heteroatoms. The van der Waals surface area contributed by atoms with Crippen LogP contribution in [0.2, 0.25) is 0 Å². The monoisotopic (exact) mass is 231 g/mol. The first-order chi connectivity index (χ1) is 5.64. The molecule has 2 atom stereocenters. The molecule has 13 heavy (non-hydrogen) atoms. The minimum atomic E-state index is -4.44. The van der Waals surface area contributed by atoms with Gasteiger partial charge in [0.1, 0.15) is 11.4 Å². The SMILES string of the molecule is CN1CC(P(=O)(O)O)C1P(=O)(O)O. The molecule has 1 rings (SSSR count). The number of rotatable bonds is 2. The van der Waals surface area contributed by atoms with Crippen molar-refractivity contribution in [2.75, 3.05) is 13.6 Å². The minimum Gasteiger partial charge on any atom is -0.324 e. The average molecular weight is 231 g/mol. The van der Waals surface area contributed by atoms with E-state index in [1.807, 2.05) is 0 Å². The second kappa shape index (κ2) is 3.14. The topological polar surface area (TPSA) is 118 Å². The lowest BCUT2D eigenvalue weighted by Gasteiger charge is -2.45. The second-order valence-electron chi connectivity index (χ2n) is 3.10. The van der Waals surface area contributed by atoms with Gasteiger partial charge in [0.25, 0.3) is 0 Å². The summed E-state index contributed by atoms with van der Waals surface area (Å²) in [7, 11) is -7.43. The molecule has 0 amide bonds. The highest BCUT2D eigenvalue weighted by Crippen LogP contribution is 2.59. The van der Waals surface area contributed by atoms with Gasteiger partial charge in [-0.2, -0.15) is 0 Å². The first-order valence-electron chi connectivity index (χ1n) is 3.44. The van der Waals surface area contributed by atoms with Crippen molar-refractivity contribution in [3.05, 3.63) is 0 Å². The summed E-state index contributed by atoms with van der Waals surface area (Å²) in [6, 6.07) is 0. The lowest BCUT2D eigenvalue weighted by atomic mass is 10.2. The number of hydrogen-bond donors (Lipinski definition) is 4. The van der Waals surface area contributed by atoms with E-state index in [4.69, 9.17) is 19.6 Å². The van der Waals surface area contributed by atoms with Crippen LogP contribution in [-0.4, -0.2) is 49.5 Å². The van der Waals surface area contributed by atoms with Crippen LogP contribution in [0.4, 0.5) is 0 Å². The molecule has 0 saturated carbocycles.